The summed E-state index contributed by atoms with van der Waals surface area (Å²) < 4.78 is 50.1. The molecule has 1 aromatic carbocycles. The third-order valence-corrected chi connectivity index (χ3v) is 4.89. The van der Waals surface area contributed by atoms with E-state index >= 15 is 0 Å². The molecule has 2 aliphatic rings. The summed E-state index contributed by atoms with van der Waals surface area (Å²) >= 11 is 0. The number of aryl methyl sites for hydroxylation is 1. The van der Waals surface area contributed by atoms with Crippen molar-refractivity contribution in [1.82, 2.24) is 19.6 Å². The molecule has 2 aromatic rings. The lowest BCUT2D eigenvalue weighted by atomic mass is 10.1. The van der Waals surface area contributed by atoms with Gasteiger partial charge in [0.25, 0.3) is 5.91 Å². The lowest BCUT2D eigenvalue weighted by Gasteiger charge is -2.34. The summed E-state index contributed by atoms with van der Waals surface area (Å²) in [6.07, 6.45) is -4.57. The topological polar surface area (TPSA) is 59.8 Å². The molecule has 0 aliphatic carbocycles. The first-order valence-corrected chi connectivity index (χ1v) is 8.82. The molecule has 0 N–H and O–H groups in total. The van der Waals surface area contributed by atoms with Gasteiger partial charge in [0, 0.05) is 45.8 Å². The number of ether oxygens (including phenoxy) is 2. The maximum Gasteiger partial charge on any atom is 0.435 e. The Labute approximate surface area is 159 Å². The molecule has 0 saturated carbocycles. The Bertz CT molecular complexity index is 889. The normalized spacial score (nSPS) is 17.2. The van der Waals surface area contributed by atoms with Crippen molar-refractivity contribution < 1.29 is 27.4 Å². The summed E-state index contributed by atoms with van der Waals surface area (Å²) in [5.74, 6) is 1.02. The fraction of sp³-hybridized carbons (Fsp3) is 0.444. The average Bonchev–Trinajstić information content (AvgIpc) is 3.27. The van der Waals surface area contributed by atoms with Gasteiger partial charge >= 0.3 is 6.18 Å². The lowest BCUT2D eigenvalue weighted by Crippen LogP contribution is -2.48. The number of carbonyl (C=O) groups excluding carboxylic acids is 1. The third kappa shape index (κ3) is 3.64. The van der Waals surface area contributed by atoms with Crippen molar-refractivity contribution >= 4 is 5.91 Å². The summed E-state index contributed by atoms with van der Waals surface area (Å²) in [5, 5.41) is 3.41. The van der Waals surface area contributed by atoms with E-state index in [2.05, 4.69) is 10.00 Å². The Kier molecular flexibility index (Phi) is 4.66. The van der Waals surface area contributed by atoms with Gasteiger partial charge in [-0.1, -0.05) is 6.07 Å². The Morgan fingerprint density at radius 2 is 1.82 bits per heavy atom. The molecule has 0 unspecified atom stereocenters. The van der Waals surface area contributed by atoms with E-state index in [4.69, 9.17) is 9.47 Å². The molecule has 150 valence electrons. The third-order valence-electron chi connectivity index (χ3n) is 4.89. The predicted molar refractivity (Wildman–Crippen MR) is 92.0 cm³/mol. The van der Waals surface area contributed by atoms with Gasteiger partial charge < -0.3 is 14.4 Å². The van der Waals surface area contributed by atoms with E-state index in [0.29, 0.717) is 32.7 Å². The number of aromatic nitrogens is 2. The first-order valence-electron chi connectivity index (χ1n) is 8.82. The van der Waals surface area contributed by atoms with Crippen molar-refractivity contribution in [3.63, 3.8) is 0 Å². The van der Waals surface area contributed by atoms with E-state index in [1.54, 1.807) is 4.90 Å². The summed E-state index contributed by atoms with van der Waals surface area (Å²) in [6.45, 7) is 3.06. The first kappa shape index (κ1) is 18.6. The van der Waals surface area contributed by atoms with Gasteiger partial charge in [0.1, 0.15) is 5.69 Å². The molecule has 0 atom stereocenters. The predicted octanol–water partition coefficient (Wildman–Crippen LogP) is 2.13. The number of hydrogen-bond acceptors (Lipinski definition) is 5. The van der Waals surface area contributed by atoms with Crippen LogP contribution in [0.5, 0.6) is 11.5 Å². The Hall–Kier alpha value is -2.75. The second kappa shape index (κ2) is 7.01. The molecular weight excluding hydrogens is 377 g/mol. The average molecular weight is 396 g/mol. The number of piperazine rings is 1. The number of nitrogens with zero attached hydrogens (tertiary/aromatic N) is 4. The van der Waals surface area contributed by atoms with Gasteiger partial charge in [-0.15, -0.1) is 0 Å². The molecule has 0 bridgehead atoms. The quantitative estimate of drug-likeness (QED) is 0.796. The van der Waals surface area contributed by atoms with Gasteiger partial charge in [-0.3, -0.25) is 14.4 Å². The molecule has 2 aliphatic heterocycles. The molecule has 1 amide bonds. The molecule has 1 fully saturated rings. The van der Waals surface area contributed by atoms with Crippen LogP contribution in [0, 0.1) is 0 Å². The smallest absolute Gasteiger partial charge is 0.435 e. The number of alkyl halides is 3. The van der Waals surface area contributed by atoms with Gasteiger partial charge in [0.15, 0.2) is 17.2 Å². The summed E-state index contributed by atoms with van der Waals surface area (Å²) in [7, 11) is 1.35. The maximum absolute atomic E-state index is 12.8. The highest BCUT2D eigenvalue weighted by Gasteiger charge is 2.36. The van der Waals surface area contributed by atoms with E-state index < -0.39 is 17.8 Å². The van der Waals surface area contributed by atoms with Crippen LogP contribution < -0.4 is 9.47 Å². The standard InChI is InChI=1S/C18H19F3N4O3/c1-23-13(9-16(22-23)18(19,20)21)17(26)25-6-4-24(5-7-25)10-12-2-3-14-15(8-12)28-11-27-14/h2-3,8-9H,4-7,10-11H2,1H3. The van der Waals surface area contributed by atoms with Crippen LogP contribution in [0.3, 0.4) is 0 Å². The fourth-order valence-corrected chi connectivity index (χ4v) is 3.37. The minimum atomic E-state index is -4.57. The second-order valence-electron chi connectivity index (χ2n) is 6.79. The first-order chi connectivity index (χ1) is 13.3. The molecule has 0 radical (unpaired) electrons. The van der Waals surface area contributed by atoms with Crippen LogP contribution >= 0.6 is 0 Å². The molecule has 7 nitrogen and oxygen atoms in total. The number of halogens is 3. The molecule has 4 rings (SSSR count). The van der Waals surface area contributed by atoms with Gasteiger partial charge in [0.2, 0.25) is 6.79 Å². The monoisotopic (exact) mass is 396 g/mol. The van der Waals surface area contributed by atoms with Gasteiger partial charge in [-0.05, 0) is 17.7 Å². The largest absolute Gasteiger partial charge is 0.454 e. The molecule has 28 heavy (non-hydrogen) atoms. The minimum absolute atomic E-state index is 0.0588. The zero-order chi connectivity index (χ0) is 19.9. The van der Waals surface area contributed by atoms with Crippen molar-refractivity contribution in [2.75, 3.05) is 33.0 Å². The van der Waals surface area contributed by atoms with Gasteiger partial charge in [-0.2, -0.15) is 18.3 Å². The number of carbonyl (C=O) groups is 1. The summed E-state index contributed by atoms with van der Waals surface area (Å²) in [6, 6.07) is 6.59. The van der Waals surface area contributed by atoms with Crippen molar-refractivity contribution in [2.24, 2.45) is 7.05 Å². The maximum atomic E-state index is 12.8. The van der Waals surface area contributed by atoms with E-state index in [0.717, 1.165) is 27.8 Å². The molecule has 0 spiro atoms. The number of rotatable bonds is 3. The van der Waals surface area contributed by atoms with Crippen molar-refractivity contribution in [2.45, 2.75) is 12.7 Å². The highest BCUT2D eigenvalue weighted by molar-refractivity contribution is 5.92. The van der Waals surface area contributed by atoms with Crippen LogP contribution in [0.15, 0.2) is 24.3 Å². The van der Waals surface area contributed by atoms with Crippen molar-refractivity contribution in [1.29, 1.82) is 0 Å². The van der Waals surface area contributed by atoms with E-state index in [1.807, 2.05) is 18.2 Å². The number of hydrogen-bond donors (Lipinski definition) is 0. The summed E-state index contributed by atoms with van der Waals surface area (Å²) in [4.78, 5) is 16.4. The van der Waals surface area contributed by atoms with Crippen molar-refractivity contribution in [3.05, 3.63) is 41.2 Å². The van der Waals surface area contributed by atoms with Crippen LogP contribution in [0.1, 0.15) is 21.7 Å². The van der Waals surface area contributed by atoms with E-state index in [1.165, 1.54) is 7.05 Å². The SMILES string of the molecule is Cn1nc(C(F)(F)F)cc1C(=O)N1CCN(Cc2ccc3c(c2)OCO3)CC1. The summed E-state index contributed by atoms with van der Waals surface area (Å²) in [5.41, 5.74) is -0.0400. The van der Waals surface area contributed by atoms with E-state index in [-0.39, 0.29) is 12.5 Å². The van der Waals surface area contributed by atoms with Crippen LogP contribution in [-0.2, 0) is 19.8 Å². The molecular formula is C18H19F3N4O3. The number of fused-ring (bicyclic) bond motifs is 1. The molecule has 1 aromatic heterocycles. The zero-order valence-corrected chi connectivity index (χ0v) is 15.2. The Balaban J connectivity index is 1.36. The van der Waals surface area contributed by atoms with Gasteiger partial charge in [-0.25, -0.2) is 0 Å². The van der Waals surface area contributed by atoms with Crippen molar-refractivity contribution in [3.8, 4) is 11.5 Å². The number of benzene rings is 1. The highest BCUT2D eigenvalue weighted by Crippen LogP contribution is 2.33. The molecule has 1 saturated heterocycles. The fourth-order valence-electron chi connectivity index (χ4n) is 3.37. The second-order valence-corrected chi connectivity index (χ2v) is 6.79. The van der Waals surface area contributed by atoms with Gasteiger partial charge in [0.05, 0.1) is 0 Å². The Morgan fingerprint density at radius 1 is 1.11 bits per heavy atom. The van der Waals surface area contributed by atoms with Crippen LogP contribution in [0.2, 0.25) is 0 Å². The number of amides is 1. The molecule has 3 heterocycles. The van der Waals surface area contributed by atoms with Crippen LogP contribution in [0.25, 0.3) is 0 Å². The lowest BCUT2D eigenvalue weighted by molar-refractivity contribution is -0.141. The molecule has 10 heteroatoms. The highest BCUT2D eigenvalue weighted by atomic mass is 19.4. The van der Waals surface area contributed by atoms with E-state index in [9.17, 15) is 18.0 Å². The van der Waals surface area contributed by atoms with Crippen LogP contribution in [0.4, 0.5) is 13.2 Å². The minimum Gasteiger partial charge on any atom is -0.454 e. The van der Waals surface area contributed by atoms with Crippen LogP contribution in [-0.4, -0.2) is 58.5 Å². The Morgan fingerprint density at radius 3 is 2.50 bits per heavy atom. The zero-order valence-electron chi connectivity index (χ0n) is 15.2.